The maximum Gasteiger partial charge on any atom is 0.104 e. The van der Waals surface area contributed by atoms with E-state index < -0.39 is 0 Å². The zero-order valence-electron chi connectivity index (χ0n) is 6.34. The maximum absolute atomic E-state index is 8.25. The van der Waals surface area contributed by atoms with Crippen LogP contribution in [0.2, 0.25) is 0 Å². The molecule has 0 aromatic carbocycles. The van der Waals surface area contributed by atoms with Gasteiger partial charge in [-0.2, -0.15) is 5.26 Å². The largest absolute Gasteiger partial charge is 0.384 e. The van der Waals surface area contributed by atoms with Crippen LogP contribution in [0.25, 0.3) is 0 Å². The van der Waals surface area contributed by atoms with Crippen molar-refractivity contribution in [2.24, 2.45) is 0 Å². The van der Waals surface area contributed by atoms with Crippen LogP contribution in [-0.4, -0.2) is 24.9 Å². The van der Waals surface area contributed by atoms with E-state index in [0.717, 1.165) is 0 Å². The van der Waals surface area contributed by atoms with Gasteiger partial charge in [0.2, 0.25) is 0 Å². The molecule has 0 heterocycles. The van der Waals surface area contributed by atoms with Gasteiger partial charge in [-0.3, -0.25) is 0 Å². The Hall–Kier alpha value is -1.03. The third-order valence-corrected chi connectivity index (χ3v) is 0.934. The summed E-state index contributed by atoms with van der Waals surface area (Å²) in [7, 11) is 0. The molecular formula is C8H11NO2. The van der Waals surface area contributed by atoms with Gasteiger partial charge < -0.3 is 9.84 Å². The van der Waals surface area contributed by atoms with Crippen LogP contribution in [0.1, 0.15) is 12.8 Å². The second kappa shape index (κ2) is 8.97. The molecule has 0 aliphatic rings. The summed E-state index contributed by atoms with van der Waals surface area (Å²) in [5.74, 6) is 5.20. The quantitative estimate of drug-likeness (QED) is 0.467. The van der Waals surface area contributed by atoms with Gasteiger partial charge in [-0.25, -0.2) is 0 Å². The fourth-order valence-corrected chi connectivity index (χ4v) is 0.487. The highest BCUT2D eigenvalue weighted by molar-refractivity contribution is 4.98. The molecule has 0 saturated carbocycles. The SMILES string of the molecule is N#CCCOCCC#CCO. The van der Waals surface area contributed by atoms with Gasteiger partial charge in [-0.05, 0) is 0 Å². The third kappa shape index (κ3) is 8.97. The zero-order chi connectivity index (χ0) is 8.36. The van der Waals surface area contributed by atoms with E-state index in [1.165, 1.54) is 0 Å². The first-order valence-corrected chi connectivity index (χ1v) is 3.43. The molecule has 1 N–H and O–H groups in total. The summed E-state index contributed by atoms with van der Waals surface area (Å²) in [6, 6.07) is 1.97. The van der Waals surface area contributed by atoms with Crippen LogP contribution in [0.3, 0.4) is 0 Å². The molecule has 0 radical (unpaired) electrons. The highest BCUT2D eigenvalue weighted by atomic mass is 16.5. The second-order valence-electron chi connectivity index (χ2n) is 1.78. The van der Waals surface area contributed by atoms with Crippen LogP contribution in [0, 0.1) is 23.2 Å². The lowest BCUT2D eigenvalue weighted by Crippen LogP contribution is -1.94. The zero-order valence-corrected chi connectivity index (χ0v) is 6.34. The van der Waals surface area contributed by atoms with E-state index in [0.29, 0.717) is 26.1 Å². The van der Waals surface area contributed by atoms with Gasteiger partial charge in [-0.1, -0.05) is 11.8 Å². The summed E-state index contributed by atoms with van der Waals surface area (Å²) in [5, 5.41) is 16.4. The van der Waals surface area contributed by atoms with Crippen molar-refractivity contribution in [3.05, 3.63) is 0 Å². The Bertz CT molecular complexity index is 173. The van der Waals surface area contributed by atoms with Crippen LogP contribution in [0.5, 0.6) is 0 Å². The average molecular weight is 153 g/mol. The normalized spacial score (nSPS) is 8.00. The molecule has 0 aromatic heterocycles. The van der Waals surface area contributed by atoms with Crippen molar-refractivity contribution in [2.45, 2.75) is 12.8 Å². The van der Waals surface area contributed by atoms with Gasteiger partial charge in [0.05, 0.1) is 25.7 Å². The summed E-state index contributed by atoms with van der Waals surface area (Å²) in [4.78, 5) is 0. The molecule has 0 aliphatic heterocycles. The molecule has 60 valence electrons. The molecule has 3 nitrogen and oxygen atoms in total. The molecular weight excluding hydrogens is 142 g/mol. The Kier molecular flexibility index (Phi) is 8.13. The van der Waals surface area contributed by atoms with Gasteiger partial charge in [0.25, 0.3) is 0 Å². The number of aliphatic hydroxyl groups excluding tert-OH is 1. The van der Waals surface area contributed by atoms with Crippen molar-refractivity contribution in [3.63, 3.8) is 0 Å². The highest BCUT2D eigenvalue weighted by Gasteiger charge is 1.83. The van der Waals surface area contributed by atoms with Crippen LogP contribution in [0.4, 0.5) is 0 Å². The number of ether oxygens (including phenoxy) is 1. The van der Waals surface area contributed by atoms with Crippen molar-refractivity contribution in [3.8, 4) is 17.9 Å². The van der Waals surface area contributed by atoms with E-state index in [1.54, 1.807) is 0 Å². The van der Waals surface area contributed by atoms with Gasteiger partial charge in [-0.15, -0.1) is 0 Å². The number of aliphatic hydroxyl groups is 1. The molecule has 0 aromatic rings. The first-order valence-electron chi connectivity index (χ1n) is 3.43. The molecule has 0 amide bonds. The van der Waals surface area contributed by atoms with Gasteiger partial charge in [0, 0.05) is 6.42 Å². The Morgan fingerprint density at radius 3 is 2.55 bits per heavy atom. The van der Waals surface area contributed by atoms with Crippen LogP contribution in [0.15, 0.2) is 0 Å². The second-order valence-corrected chi connectivity index (χ2v) is 1.78. The van der Waals surface area contributed by atoms with E-state index >= 15 is 0 Å². The van der Waals surface area contributed by atoms with Crippen LogP contribution < -0.4 is 0 Å². The molecule has 0 bridgehead atoms. The monoisotopic (exact) mass is 153 g/mol. The van der Waals surface area contributed by atoms with E-state index in [1.807, 2.05) is 6.07 Å². The van der Waals surface area contributed by atoms with E-state index in [9.17, 15) is 0 Å². The van der Waals surface area contributed by atoms with Gasteiger partial charge in [0.1, 0.15) is 6.61 Å². The number of nitrogens with zero attached hydrogens (tertiary/aromatic N) is 1. The van der Waals surface area contributed by atoms with Crippen molar-refractivity contribution >= 4 is 0 Å². The first kappa shape index (κ1) is 9.97. The van der Waals surface area contributed by atoms with Crippen molar-refractivity contribution in [1.82, 2.24) is 0 Å². The molecule has 11 heavy (non-hydrogen) atoms. The van der Waals surface area contributed by atoms with Crippen LogP contribution in [-0.2, 0) is 4.74 Å². The van der Waals surface area contributed by atoms with Crippen molar-refractivity contribution in [2.75, 3.05) is 19.8 Å². The number of nitriles is 1. The minimum Gasteiger partial charge on any atom is -0.384 e. The third-order valence-electron chi connectivity index (χ3n) is 0.934. The number of hydrogen-bond acceptors (Lipinski definition) is 3. The lowest BCUT2D eigenvalue weighted by atomic mass is 10.4. The molecule has 0 aliphatic carbocycles. The summed E-state index contributed by atoms with van der Waals surface area (Å²) in [5.41, 5.74) is 0. The smallest absolute Gasteiger partial charge is 0.104 e. The maximum atomic E-state index is 8.25. The predicted molar refractivity (Wildman–Crippen MR) is 40.5 cm³/mol. The molecule has 0 spiro atoms. The fourth-order valence-electron chi connectivity index (χ4n) is 0.487. The summed E-state index contributed by atoms with van der Waals surface area (Å²) in [6.45, 7) is 0.907. The number of hydrogen-bond donors (Lipinski definition) is 1. The topological polar surface area (TPSA) is 53.2 Å². The molecule has 0 saturated heterocycles. The van der Waals surface area contributed by atoms with Gasteiger partial charge in [0.15, 0.2) is 0 Å². The van der Waals surface area contributed by atoms with Crippen LogP contribution >= 0.6 is 0 Å². The van der Waals surface area contributed by atoms with E-state index in [-0.39, 0.29) is 6.61 Å². The van der Waals surface area contributed by atoms with E-state index in [2.05, 4.69) is 11.8 Å². The summed E-state index contributed by atoms with van der Waals surface area (Å²) < 4.78 is 5.01. The predicted octanol–water partition coefficient (Wildman–Crippen LogP) is 0.302. The average Bonchev–Trinajstić information content (AvgIpc) is 2.03. The molecule has 0 atom stereocenters. The Balaban J connectivity index is 2.97. The molecule has 0 rings (SSSR count). The summed E-state index contributed by atoms with van der Waals surface area (Å²) in [6.07, 6.45) is 1.04. The first-order chi connectivity index (χ1) is 5.41. The summed E-state index contributed by atoms with van der Waals surface area (Å²) >= 11 is 0. The Morgan fingerprint density at radius 2 is 1.91 bits per heavy atom. The fraction of sp³-hybridized carbons (Fsp3) is 0.625. The highest BCUT2D eigenvalue weighted by Crippen LogP contribution is 1.82. The van der Waals surface area contributed by atoms with Gasteiger partial charge >= 0.3 is 0 Å². The number of rotatable bonds is 4. The lowest BCUT2D eigenvalue weighted by Gasteiger charge is -1.94. The molecule has 3 heteroatoms. The Labute approximate surface area is 66.6 Å². The minimum absolute atomic E-state index is 0.0990. The minimum atomic E-state index is -0.0990. The molecule has 0 fully saturated rings. The Morgan fingerprint density at radius 1 is 1.18 bits per heavy atom. The molecule has 0 unspecified atom stereocenters. The van der Waals surface area contributed by atoms with Crippen molar-refractivity contribution in [1.29, 1.82) is 5.26 Å². The van der Waals surface area contributed by atoms with E-state index in [4.69, 9.17) is 15.1 Å². The lowest BCUT2D eigenvalue weighted by molar-refractivity contribution is 0.145. The standard InChI is InChI=1S/C8H11NO2/c9-5-4-8-11-7-3-1-2-6-10/h10H,3-4,6-8H2. The van der Waals surface area contributed by atoms with Crippen molar-refractivity contribution < 1.29 is 9.84 Å².